The predicted molar refractivity (Wildman–Crippen MR) is 65.0 cm³/mol. The van der Waals surface area contributed by atoms with E-state index >= 15 is 0 Å². The largest absolute Gasteiger partial charge is 0.481 e. The second-order valence-electron chi connectivity index (χ2n) is 5.86. The molecule has 2 rings (SSSR count). The molecule has 5 nitrogen and oxygen atoms in total. The monoisotopic (exact) mass is 255 g/mol. The molecule has 0 radical (unpaired) electrons. The van der Waals surface area contributed by atoms with E-state index < -0.39 is 11.4 Å². The van der Waals surface area contributed by atoms with Gasteiger partial charge in [0.2, 0.25) is 5.91 Å². The van der Waals surface area contributed by atoms with Crippen LogP contribution in [-0.4, -0.2) is 48.2 Å². The number of aliphatic carboxylic acids is 1. The van der Waals surface area contributed by atoms with Gasteiger partial charge in [0.05, 0.1) is 12.0 Å². The molecule has 2 aliphatic heterocycles. The third-order valence-corrected chi connectivity index (χ3v) is 4.07. The van der Waals surface area contributed by atoms with Crippen molar-refractivity contribution in [3.63, 3.8) is 0 Å². The van der Waals surface area contributed by atoms with Crippen LogP contribution in [0.1, 0.15) is 26.7 Å². The van der Waals surface area contributed by atoms with E-state index in [0.717, 1.165) is 0 Å². The Morgan fingerprint density at radius 3 is 2.78 bits per heavy atom. The van der Waals surface area contributed by atoms with E-state index in [0.29, 0.717) is 45.1 Å². The maximum absolute atomic E-state index is 12.1. The Kier molecular flexibility index (Phi) is 3.61. The van der Waals surface area contributed by atoms with Gasteiger partial charge < -0.3 is 14.7 Å². The van der Waals surface area contributed by atoms with Crippen molar-refractivity contribution in [1.29, 1.82) is 0 Å². The molecule has 5 heteroatoms. The van der Waals surface area contributed by atoms with Gasteiger partial charge in [0.1, 0.15) is 0 Å². The summed E-state index contributed by atoms with van der Waals surface area (Å²) in [4.78, 5) is 25.3. The summed E-state index contributed by atoms with van der Waals surface area (Å²) < 4.78 is 5.37. The van der Waals surface area contributed by atoms with Crippen LogP contribution in [-0.2, 0) is 14.3 Å². The van der Waals surface area contributed by atoms with E-state index in [4.69, 9.17) is 4.74 Å². The summed E-state index contributed by atoms with van der Waals surface area (Å²) in [6.45, 7) is 5.81. The van der Waals surface area contributed by atoms with Gasteiger partial charge in [-0.15, -0.1) is 0 Å². The summed E-state index contributed by atoms with van der Waals surface area (Å²) in [5.74, 6) is -0.465. The number of hydrogen-bond acceptors (Lipinski definition) is 3. The second kappa shape index (κ2) is 4.88. The van der Waals surface area contributed by atoms with Crippen molar-refractivity contribution in [2.45, 2.75) is 26.7 Å². The van der Waals surface area contributed by atoms with Crippen LogP contribution < -0.4 is 0 Å². The SMILES string of the molecule is CC(C)CC(=O)N1C[C@H]2COCC[C@@]2(C(=O)O)C1. The molecule has 2 atom stereocenters. The fraction of sp³-hybridized carbons (Fsp3) is 0.846. The molecular formula is C13H21NO4. The van der Waals surface area contributed by atoms with Crippen LogP contribution in [0.2, 0.25) is 0 Å². The first-order valence-electron chi connectivity index (χ1n) is 6.54. The van der Waals surface area contributed by atoms with E-state index in [1.807, 2.05) is 13.8 Å². The minimum atomic E-state index is -0.782. The predicted octanol–water partition coefficient (Wildman–Crippen LogP) is 0.982. The number of carboxylic acids is 1. The van der Waals surface area contributed by atoms with Gasteiger partial charge in [0, 0.05) is 32.0 Å². The normalized spacial score (nSPS) is 31.5. The Labute approximate surface area is 107 Å². The number of rotatable bonds is 3. The van der Waals surface area contributed by atoms with Gasteiger partial charge in [-0.25, -0.2) is 0 Å². The molecule has 2 heterocycles. The van der Waals surface area contributed by atoms with Gasteiger partial charge >= 0.3 is 5.97 Å². The summed E-state index contributed by atoms with van der Waals surface area (Å²) in [7, 11) is 0. The van der Waals surface area contributed by atoms with Gasteiger partial charge in [0.15, 0.2) is 0 Å². The molecular weight excluding hydrogens is 234 g/mol. The molecule has 0 aromatic heterocycles. The van der Waals surface area contributed by atoms with Crippen LogP contribution >= 0.6 is 0 Å². The molecule has 1 amide bonds. The zero-order valence-corrected chi connectivity index (χ0v) is 11.0. The first-order valence-corrected chi connectivity index (χ1v) is 6.54. The maximum Gasteiger partial charge on any atom is 0.311 e. The number of likely N-dealkylation sites (tertiary alicyclic amines) is 1. The van der Waals surface area contributed by atoms with Crippen LogP contribution in [0, 0.1) is 17.3 Å². The van der Waals surface area contributed by atoms with Crippen molar-refractivity contribution in [3.8, 4) is 0 Å². The third-order valence-electron chi connectivity index (χ3n) is 4.07. The molecule has 0 unspecified atom stereocenters. The number of ether oxygens (including phenoxy) is 1. The van der Waals surface area contributed by atoms with E-state index in [1.165, 1.54) is 0 Å². The molecule has 18 heavy (non-hydrogen) atoms. The van der Waals surface area contributed by atoms with Gasteiger partial charge in [-0.3, -0.25) is 9.59 Å². The maximum atomic E-state index is 12.1. The number of carbonyl (C=O) groups is 2. The lowest BCUT2D eigenvalue weighted by molar-refractivity contribution is -0.157. The average molecular weight is 255 g/mol. The molecule has 2 saturated heterocycles. The molecule has 1 N–H and O–H groups in total. The number of hydrogen-bond donors (Lipinski definition) is 1. The first-order chi connectivity index (χ1) is 8.45. The molecule has 2 aliphatic rings. The summed E-state index contributed by atoms with van der Waals surface area (Å²) in [5.41, 5.74) is -0.773. The summed E-state index contributed by atoms with van der Waals surface area (Å²) >= 11 is 0. The number of nitrogens with zero attached hydrogens (tertiary/aromatic N) is 1. The number of amides is 1. The van der Waals surface area contributed by atoms with Crippen LogP contribution in [0.15, 0.2) is 0 Å². The van der Waals surface area contributed by atoms with E-state index in [1.54, 1.807) is 4.90 Å². The standard InChI is InChI=1S/C13H21NO4/c1-9(2)5-11(15)14-6-10-7-18-4-3-13(10,8-14)12(16)17/h9-10H,3-8H2,1-2H3,(H,16,17)/t10-,13+/m0/s1. The molecule has 0 saturated carbocycles. The smallest absolute Gasteiger partial charge is 0.311 e. The molecule has 2 fully saturated rings. The Hall–Kier alpha value is -1.10. The highest BCUT2D eigenvalue weighted by Crippen LogP contribution is 2.42. The Balaban J connectivity index is 2.11. The summed E-state index contributed by atoms with van der Waals surface area (Å²) in [5, 5.41) is 9.49. The third kappa shape index (κ3) is 2.23. The topological polar surface area (TPSA) is 66.8 Å². The lowest BCUT2D eigenvalue weighted by Gasteiger charge is -2.33. The van der Waals surface area contributed by atoms with Crippen molar-refractivity contribution in [2.75, 3.05) is 26.3 Å². The highest BCUT2D eigenvalue weighted by Gasteiger charge is 2.54. The summed E-state index contributed by atoms with van der Waals surface area (Å²) in [6, 6.07) is 0. The fourth-order valence-corrected chi connectivity index (χ4v) is 2.97. The molecule has 0 bridgehead atoms. The quantitative estimate of drug-likeness (QED) is 0.816. The van der Waals surface area contributed by atoms with Crippen LogP contribution in [0.3, 0.4) is 0 Å². The van der Waals surface area contributed by atoms with Gasteiger partial charge in [0.25, 0.3) is 0 Å². The molecule has 0 aliphatic carbocycles. The van der Waals surface area contributed by atoms with Gasteiger partial charge in [-0.05, 0) is 12.3 Å². The van der Waals surface area contributed by atoms with E-state index in [9.17, 15) is 14.7 Å². The molecule has 0 aromatic carbocycles. The Bertz CT molecular complexity index is 355. The second-order valence-corrected chi connectivity index (χ2v) is 5.86. The highest BCUT2D eigenvalue weighted by molar-refractivity contribution is 5.81. The van der Waals surface area contributed by atoms with Crippen molar-refractivity contribution >= 4 is 11.9 Å². The van der Waals surface area contributed by atoms with Crippen molar-refractivity contribution in [1.82, 2.24) is 4.90 Å². The first kappa shape index (κ1) is 13.3. The van der Waals surface area contributed by atoms with Crippen LogP contribution in [0.4, 0.5) is 0 Å². The average Bonchev–Trinajstić information content (AvgIpc) is 2.68. The van der Waals surface area contributed by atoms with Crippen molar-refractivity contribution in [3.05, 3.63) is 0 Å². The lowest BCUT2D eigenvalue weighted by Crippen LogP contribution is -2.45. The Morgan fingerprint density at radius 1 is 1.50 bits per heavy atom. The lowest BCUT2D eigenvalue weighted by atomic mass is 9.74. The van der Waals surface area contributed by atoms with Crippen molar-refractivity contribution in [2.24, 2.45) is 17.3 Å². The molecule has 0 spiro atoms. The minimum absolute atomic E-state index is 0.0557. The zero-order valence-electron chi connectivity index (χ0n) is 11.0. The number of carbonyl (C=O) groups excluding carboxylic acids is 1. The van der Waals surface area contributed by atoms with Crippen LogP contribution in [0.5, 0.6) is 0 Å². The van der Waals surface area contributed by atoms with E-state index in [2.05, 4.69) is 0 Å². The Morgan fingerprint density at radius 2 is 2.22 bits per heavy atom. The molecule has 102 valence electrons. The zero-order chi connectivity index (χ0) is 13.3. The van der Waals surface area contributed by atoms with Gasteiger partial charge in [-0.1, -0.05) is 13.8 Å². The highest BCUT2D eigenvalue weighted by atomic mass is 16.5. The minimum Gasteiger partial charge on any atom is -0.481 e. The number of carboxylic acid groups (broad SMARTS) is 1. The van der Waals surface area contributed by atoms with Crippen molar-refractivity contribution < 1.29 is 19.4 Å². The molecule has 0 aromatic rings. The van der Waals surface area contributed by atoms with Crippen LogP contribution in [0.25, 0.3) is 0 Å². The van der Waals surface area contributed by atoms with E-state index in [-0.39, 0.29) is 11.8 Å². The number of fused-ring (bicyclic) bond motifs is 1. The summed E-state index contributed by atoms with van der Waals surface area (Å²) in [6.07, 6.45) is 1.00. The van der Waals surface area contributed by atoms with Gasteiger partial charge in [-0.2, -0.15) is 0 Å². The fourth-order valence-electron chi connectivity index (χ4n) is 2.97.